The van der Waals surface area contributed by atoms with Gasteiger partial charge in [0, 0.05) is 25.3 Å². The fraction of sp³-hybridized carbons (Fsp3) is 0.600. The molecule has 0 radical (unpaired) electrons. The van der Waals surface area contributed by atoms with Crippen molar-refractivity contribution in [3.63, 3.8) is 0 Å². The van der Waals surface area contributed by atoms with Gasteiger partial charge < -0.3 is 20.6 Å². The largest absolute Gasteiger partial charge is 0.417 e. The molecule has 1 fully saturated rings. The van der Waals surface area contributed by atoms with Crippen molar-refractivity contribution in [1.82, 2.24) is 15.6 Å². The van der Waals surface area contributed by atoms with E-state index >= 15 is 0 Å². The van der Waals surface area contributed by atoms with Gasteiger partial charge in [-0.2, -0.15) is 13.2 Å². The van der Waals surface area contributed by atoms with E-state index in [9.17, 15) is 18.0 Å². The van der Waals surface area contributed by atoms with Gasteiger partial charge >= 0.3 is 12.2 Å². The second kappa shape index (κ2) is 7.69. The first kappa shape index (κ1) is 18.3. The van der Waals surface area contributed by atoms with Gasteiger partial charge in [0.05, 0.1) is 18.2 Å². The van der Waals surface area contributed by atoms with Crippen LogP contribution in [0.4, 0.5) is 23.8 Å². The standard InChI is InChI=1S/C15H21F3N4O2/c1-10(9-23)20-14(24)21-12-4-6-22(7-5-12)13-3-2-11(8-19-13)15(16,17)18/h2-3,8,10,12,23H,4-7,9H2,1H3,(H2,20,21,24)/t10-/m0/s1. The highest BCUT2D eigenvalue weighted by molar-refractivity contribution is 5.74. The molecule has 134 valence electrons. The lowest BCUT2D eigenvalue weighted by Crippen LogP contribution is -2.50. The van der Waals surface area contributed by atoms with E-state index < -0.39 is 11.7 Å². The predicted octanol–water partition coefficient (Wildman–Crippen LogP) is 1.75. The third-order valence-corrected chi connectivity index (χ3v) is 3.88. The number of urea groups is 1. The van der Waals surface area contributed by atoms with E-state index in [1.54, 1.807) is 6.92 Å². The summed E-state index contributed by atoms with van der Waals surface area (Å²) in [7, 11) is 0. The van der Waals surface area contributed by atoms with Crippen molar-refractivity contribution in [2.45, 2.75) is 38.0 Å². The molecule has 2 rings (SSSR count). The van der Waals surface area contributed by atoms with E-state index in [1.807, 2.05) is 4.90 Å². The quantitative estimate of drug-likeness (QED) is 0.776. The van der Waals surface area contributed by atoms with Crippen molar-refractivity contribution < 1.29 is 23.1 Å². The molecule has 0 unspecified atom stereocenters. The van der Waals surface area contributed by atoms with Crippen molar-refractivity contribution in [2.24, 2.45) is 0 Å². The number of hydrogen-bond acceptors (Lipinski definition) is 4. The molecule has 0 aliphatic carbocycles. The number of aliphatic hydroxyl groups excluding tert-OH is 1. The van der Waals surface area contributed by atoms with Crippen molar-refractivity contribution in [3.05, 3.63) is 23.9 Å². The Morgan fingerprint density at radius 2 is 2.08 bits per heavy atom. The monoisotopic (exact) mass is 346 g/mol. The number of carbonyl (C=O) groups excluding carboxylic acids is 1. The van der Waals surface area contributed by atoms with Crippen molar-refractivity contribution >= 4 is 11.8 Å². The Morgan fingerprint density at radius 1 is 1.42 bits per heavy atom. The normalized spacial score (nSPS) is 17.5. The van der Waals surface area contributed by atoms with Gasteiger partial charge in [0.25, 0.3) is 0 Å². The zero-order valence-corrected chi connectivity index (χ0v) is 13.3. The number of anilines is 1. The number of pyridine rings is 1. The maximum atomic E-state index is 12.5. The predicted molar refractivity (Wildman–Crippen MR) is 82.7 cm³/mol. The fourth-order valence-electron chi connectivity index (χ4n) is 2.49. The maximum absolute atomic E-state index is 12.5. The number of amides is 2. The van der Waals surface area contributed by atoms with Crippen LogP contribution >= 0.6 is 0 Å². The molecule has 24 heavy (non-hydrogen) atoms. The minimum absolute atomic E-state index is 0.0124. The molecule has 1 aromatic rings. The topological polar surface area (TPSA) is 77.5 Å². The summed E-state index contributed by atoms with van der Waals surface area (Å²) in [5.41, 5.74) is -0.766. The van der Waals surface area contributed by atoms with E-state index in [0.29, 0.717) is 31.7 Å². The van der Waals surface area contributed by atoms with E-state index in [4.69, 9.17) is 5.11 Å². The van der Waals surface area contributed by atoms with Crippen LogP contribution in [-0.2, 0) is 6.18 Å². The number of nitrogens with one attached hydrogen (secondary N) is 2. The van der Waals surface area contributed by atoms with Gasteiger partial charge in [0.15, 0.2) is 0 Å². The SMILES string of the molecule is C[C@@H](CO)NC(=O)NC1CCN(c2ccc(C(F)(F)F)cn2)CC1. The Hall–Kier alpha value is -2.03. The van der Waals surface area contributed by atoms with E-state index in [-0.39, 0.29) is 24.7 Å². The molecular weight excluding hydrogens is 325 g/mol. The van der Waals surface area contributed by atoms with Gasteiger partial charge in [0.1, 0.15) is 5.82 Å². The highest BCUT2D eigenvalue weighted by Gasteiger charge is 2.31. The summed E-state index contributed by atoms with van der Waals surface area (Å²) in [6.07, 6.45) is -2.21. The summed E-state index contributed by atoms with van der Waals surface area (Å²) in [4.78, 5) is 17.5. The minimum Gasteiger partial charge on any atom is -0.394 e. The summed E-state index contributed by atoms with van der Waals surface area (Å²) in [6.45, 7) is 2.75. The molecule has 0 saturated carbocycles. The Balaban J connectivity index is 1.83. The molecule has 1 aromatic heterocycles. The number of rotatable bonds is 4. The Labute approximate surface area is 138 Å². The zero-order chi connectivity index (χ0) is 17.7. The molecule has 2 heterocycles. The molecule has 0 spiro atoms. The second-order valence-electron chi connectivity index (χ2n) is 5.87. The van der Waals surface area contributed by atoms with Crippen LogP contribution in [0.5, 0.6) is 0 Å². The van der Waals surface area contributed by atoms with Gasteiger partial charge in [-0.15, -0.1) is 0 Å². The molecule has 1 atom stereocenters. The number of carbonyl (C=O) groups is 1. The molecule has 1 aliphatic rings. The molecule has 2 amide bonds. The van der Waals surface area contributed by atoms with Crippen LogP contribution in [-0.4, -0.2) is 47.9 Å². The molecule has 9 heteroatoms. The van der Waals surface area contributed by atoms with Crippen LogP contribution < -0.4 is 15.5 Å². The zero-order valence-electron chi connectivity index (χ0n) is 13.3. The maximum Gasteiger partial charge on any atom is 0.417 e. The van der Waals surface area contributed by atoms with Crippen LogP contribution in [0.15, 0.2) is 18.3 Å². The van der Waals surface area contributed by atoms with E-state index in [0.717, 1.165) is 12.3 Å². The van der Waals surface area contributed by atoms with Gasteiger partial charge in [-0.3, -0.25) is 0 Å². The Bertz CT molecular complexity index is 543. The molecule has 1 aliphatic heterocycles. The molecule has 0 bridgehead atoms. The Morgan fingerprint density at radius 3 is 2.58 bits per heavy atom. The Kier molecular flexibility index (Phi) is 5.87. The lowest BCUT2D eigenvalue weighted by atomic mass is 10.1. The van der Waals surface area contributed by atoms with Crippen molar-refractivity contribution in [1.29, 1.82) is 0 Å². The number of alkyl halides is 3. The summed E-state index contributed by atoms with van der Waals surface area (Å²) in [6, 6.07) is 1.73. The van der Waals surface area contributed by atoms with E-state index in [1.165, 1.54) is 6.07 Å². The fourth-order valence-corrected chi connectivity index (χ4v) is 2.49. The summed E-state index contributed by atoms with van der Waals surface area (Å²) in [5.74, 6) is 0.500. The lowest BCUT2D eigenvalue weighted by molar-refractivity contribution is -0.137. The third kappa shape index (κ3) is 4.98. The molecule has 0 aromatic carbocycles. The number of hydrogen-bond donors (Lipinski definition) is 3. The molecule has 1 saturated heterocycles. The molecule has 6 nitrogen and oxygen atoms in total. The van der Waals surface area contributed by atoms with Crippen molar-refractivity contribution in [3.8, 4) is 0 Å². The smallest absolute Gasteiger partial charge is 0.394 e. The summed E-state index contributed by atoms with van der Waals surface area (Å²) in [5, 5.41) is 14.3. The van der Waals surface area contributed by atoms with Gasteiger partial charge in [-0.1, -0.05) is 0 Å². The summed E-state index contributed by atoms with van der Waals surface area (Å²) < 4.78 is 37.6. The first-order valence-electron chi connectivity index (χ1n) is 7.75. The molecular formula is C15H21F3N4O2. The first-order chi connectivity index (χ1) is 11.3. The van der Waals surface area contributed by atoms with Gasteiger partial charge in [-0.25, -0.2) is 9.78 Å². The van der Waals surface area contributed by atoms with Gasteiger partial charge in [-0.05, 0) is 31.9 Å². The summed E-state index contributed by atoms with van der Waals surface area (Å²) >= 11 is 0. The average molecular weight is 346 g/mol. The van der Waals surface area contributed by atoms with Crippen LogP contribution in [0.25, 0.3) is 0 Å². The van der Waals surface area contributed by atoms with E-state index in [2.05, 4.69) is 15.6 Å². The molecule has 3 N–H and O–H groups in total. The number of piperidine rings is 1. The average Bonchev–Trinajstić information content (AvgIpc) is 2.54. The minimum atomic E-state index is -4.39. The highest BCUT2D eigenvalue weighted by Crippen LogP contribution is 2.29. The van der Waals surface area contributed by atoms with Crippen LogP contribution in [0, 0.1) is 0 Å². The van der Waals surface area contributed by atoms with Crippen molar-refractivity contribution in [2.75, 3.05) is 24.6 Å². The number of aliphatic hydroxyl groups is 1. The number of halogens is 3. The van der Waals surface area contributed by atoms with Gasteiger partial charge in [0.2, 0.25) is 0 Å². The van der Waals surface area contributed by atoms with Crippen LogP contribution in [0.3, 0.4) is 0 Å². The third-order valence-electron chi connectivity index (χ3n) is 3.88. The number of aromatic nitrogens is 1. The second-order valence-corrected chi connectivity index (χ2v) is 5.87. The lowest BCUT2D eigenvalue weighted by Gasteiger charge is -2.33. The van der Waals surface area contributed by atoms with Crippen LogP contribution in [0.1, 0.15) is 25.3 Å². The first-order valence-corrected chi connectivity index (χ1v) is 7.75. The van der Waals surface area contributed by atoms with Crippen LogP contribution in [0.2, 0.25) is 0 Å². The highest BCUT2D eigenvalue weighted by atomic mass is 19.4. The number of nitrogens with zero attached hydrogens (tertiary/aromatic N) is 2.